The molecule has 0 rings (SSSR count). The predicted octanol–water partition coefficient (Wildman–Crippen LogP) is -4.66. The van der Waals surface area contributed by atoms with Crippen LogP contribution in [0.3, 0.4) is 0 Å². The van der Waals surface area contributed by atoms with Crippen LogP contribution in [0.5, 0.6) is 0 Å². The first-order valence-electron chi connectivity index (χ1n) is 4.32. The maximum Gasteiger partial charge on any atom is 3.00 e. The van der Waals surface area contributed by atoms with Gasteiger partial charge in [0.25, 0.3) is 0 Å². The Morgan fingerprint density at radius 1 is 0.944 bits per heavy atom. The summed E-state index contributed by atoms with van der Waals surface area (Å²) in [5.74, 6) is -5.82. The molecule has 0 bridgehead atoms. The molecule has 0 atom stereocenters. The Morgan fingerprint density at radius 3 is 1.28 bits per heavy atom. The fourth-order valence-corrected chi connectivity index (χ4v) is 0.684. The minimum absolute atomic E-state index is 0. The van der Waals surface area contributed by atoms with E-state index in [-0.39, 0.29) is 22.9 Å². The second-order valence-electron chi connectivity index (χ2n) is 3.32. The maximum atomic E-state index is 10.1. The molecule has 103 valence electrons. The van der Waals surface area contributed by atoms with E-state index in [1.54, 1.807) is 0 Å². The van der Waals surface area contributed by atoms with Crippen LogP contribution in [0.15, 0.2) is 0 Å². The van der Waals surface area contributed by atoms with Gasteiger partial charge in [-0.25, -0.2) is 0 Å². The van der Waals surface area contributed by atoms with Gasteiger partial charge in [-0.3, -0.25) is 0 Å². The summed E-state index contributed by atoms with van der Waals surface area (Å²) in [5, 5.41) is 38.9. The van der Waals surface area contributed by atoms with Crippen molar-refractivity contribution >= 4 is 23.7 Å². The van der Waals surface area contributed by atoms with Gasteiger partial charge in [0.15, 0.2) is 0 Å². The van der Waals surface area contributed by atoms with E-state index < -0.39 is 36.4 Å². The van der Waals surface area contributed by atoms with E-state index in [4.69, 9.17) is 5.11 Å². The summed E-state index contributed by atoms with van der Waals surface area (Å²) in [6.07, 6.45) is -2.72. The summed E-state index contributed by atoms with van der Waals surface area (Å²) < 4.78 is 0. The largest absolute Gasteiger partial charge is 3.00 e. The SMILES string of the molecule is CC(C)=O.O=C([O-])CC(O)(CC(=O)[O-])C(=O)[O-].[Fe+3]. The molecule has 0 aliphatic rings. The van der Waals surface area contributed by atoms with Crippen molar-refractivity contribution < 1.29 is 56.7 Å². The van der Waals surface area contributed by atoms with Crippen LogP contribution in [0.2, 0.25) is 0 Å². The van der Waals surface area contributed by atoms with E-state index in [1.807, 2.05) is 0 Å². The Morgan fingerprint density at radius 2 is 1.17 bits per heavy atom. The van der Waals surface area contributed by atoms with Crippen molar-refractivity contribution in [1.29, 1.82) is 0 Å². The Balaban J connectivity index is -0.000000392. The van der Waals surface area contributed by atoms with Crippen LogP contribution in [0, 0.1) is 0 Å². The zero-order chi connectivity index (χ0) is 14.2. The monoisotopic (exact) mass is 303 g/mol. The molecule has 0 aromatic heterocycles. The smallest absolute Gasteiger partial charge is 0.550 e. The summed E-state index contributed by atoms with van der Waals surface area (Å²) in [4.78, 5) is 39.4. The molecule has 0 aliphatic heterocycles. The molecule has 0 fully saturated rings. The molecule has 0 spiro atoms. The number of hydrogen-bond acceptors (Lipinski definition) is 8. The summed E-state index contributed by atoms with van der Waals surface area (Å²) in [7, 11) is 0. The van der Waals surface area contributed by atoms with Gasteiger partial charge in [-0.05, 0) is 13.8 Å². The summed E-state index contributed by atoms with van der Waals surface area (Å²) >= 11 is 0. The number of aliphatic carboxylic acids is 3. The molecule has 1 radical (unpaired) electrons. The van der Waals surface area contributed by atoms with Crippen molar-refractivity contribution in [2.45, 2.75) is 32.3 Å². The van der Waals surface area contributed by atoms with Gasteiger partial charge < -0.3 is 39.6 Å². The van der Waals surface area contributed by atoms with E-state index in [0.29, 0.717) is 0 Å². The molecule has 0 saturated carbocycles. The van der Waals surface area contributed by atoms with Gasteiger partial charge in [-0.15, -0.1) is 0 Å². The summed E-state index contributed by atoms with van der Waals surface area (Å²) in [5.41, 5.74) is -2.97. The number of carbonyl (C=O) groups is 4. The Labute approximate surface area is 113 Å². The Hall–Kier alpha value is -1.44. The van der Waals surface area contributed by atoms with Crippen LogP contribution in [-0.4, -0.2) is 34.4 Å². The molecular weight excluding hydrogens is 292 g/mol. The van der Waals surface area contributed by atoms with Crippen LogP contribution in [0.1, 0.15) is 26.7 Å². The van der Waals surface area contributed by atoms with Crippen LogP contribution >= 0.6 is 0 Å². The van der Waals surface area contributed by atoms with Crippen molar-refractivity contribution in [2.75, 3.05) is 0 Å². The average Bonchev–Trinajstić information content (AvgIpc) is 1.98. The van der Waals surface area contributed by atoms with Gasteiger partial charge in [0.05, 0.1) is 5.97 Å². The van der Waals surface area contributed by atoms with E-state index in [1.165, 1.54) is 13.8 Å². The van der Waals surface area contributed by atoms with Crippen LogP contribution in [0.4, 0.5) is 0 Å². The van der Waals surface area contributed by atoms with E-state index >= 15 is 0 Å². The van der Waals surface area contributed by atoms with Crippen molar-refractivity contribution in [2.24, 2.45) is 0 Å². The first kappa shape index (κ1) is 21.8. The molecule has 18 heavy (non-hydrogen) atoms. The second-order valence-corrected chi connectivity index (χ2v) is 3.32. The van der Waals surface area contributed by atoms with E-state index in [9.17, 15) is 34.5 Å². The molecule has 0 heterocycles. The maximum absolute atomic E-state index is 10.1. The van der Waals surface area contributed by atoms with Gasteiger partial charge in [0, 0.05) is 24.8 Å². The third-order valence-electron chi connectivity index (χ3n) is 1.25. The summed E-state index contributed by atoms with van der Waals surface area (Å²) in [6.45, 7) is 3.06. The second kappa shape index (κ2) is 9.58. The molecule has 9 heteroatoms. The zero-order valence-corrected chi connectivity index (χ0v) is 10.7. The molecule has 8 nitrogen and oxygen atoms in total. The molecule has 0 unspecified atom stereocenters. The van der Waals surface area contributed by atoms with Crippen LogP contribution in [0.25, 0.3) is 0 Å². The number of hydrogen-bond donors (Lipinski definition) is 1. The van der Waals surface area contributed by atoms with Crippen molar-refractivity contribution in [1.82, 2.24) is 0 Å². The molecule has 0 aromatic rings. The summed E-state index contributed by atoms with van der Waals surface area (Å²) in [6, 6.07) is 0. The standard InChI is InChI=1S/C6H8O7.C3H6O.Fe/c7-3(8)1-6(13,5(11)12)2-4(9)10;1-3(2)4;/h13H,1-2H2,(H,7,8)(H,9,10)(H,11,12);1-2H3;/q;;+3/p-3. The molecule has 0 aliphatic carbocycles. The number of carbonyl (C=O) groups excluding carboxylic acids is 4. The Bertz CT molecular complexity index is 305. The number of ketones is 1. The predicted molar refractivity (Wildman–Crippen MR) is 45.6 cm³/mol. The molecular formula is C9H11FeO8. The van der Waals surface area contributed by atoms with Crippen molar-refractivity contribution in [3.63, 3.8) is 0 Å². The number of carboxylic acid groups (broad SMARTS) is 3. The average molecular weight is 303 g/mol. The van der Waals surface area contributed by atoms with Gasteiger partial charge in [-0.1, -0.05) is 0 Å². The molecule has 0 saturated heterocycles. The van der Waals surface area contributed by atoms with Gasteiger partial charge in [-0.2, -0.15) is 0 Å². The number of carboxylic acids is 3. The fourth-order valence-electron chi connectivity index (χ4n) is 0.684. The minimum atomic E-state index is -2.97. The normalized spacial score (nSPS) is 9.28. The van der Waals surface area contributed by atoms with Gasteiger partial charge >= 0.3 is 17.1 Å². The first-order valence-corrected chi connectivity index (χ1v) is 4.32. The van der Waals surface area contributed by atoms with E-state index in [0.717, 1.165) is 0 Å². The zero-order valence-electron chi connectivity index (χ0n) is 9.57. The first-order chi connectivity index (χ1) is 7.51. The molecule has 0 aromatic carbocycles. The number of aliphatic hydroxyl groups is 1. The third-order valence-corrected chi connectivity index (χ3v) is 1.25. The molecule has 1 N–H and O–H groups in total. The number of Topliss-reactive ketones (excluding diaryl/α,β-unsaturated/α-hetero) is 1. The van der Waals surface area contributed by atoms with Gasteiger partial charge in [0.2, 0.25) is 0 Å². The minimum Gasteiger partial charge on any atom is -0.550 e. The fraction of sp³-hybridized carbons (Fsp3) is 0.556. The van der Waals surface area contributed by atoms with Crippen LogP contribution in [-0.2, 0) is 36.2 Å². The van der Waals surface area contributed by atoms with Crippen LogP contribution < -0.4 is 15.3 Å². The number of rotatable bonds is 5. The van der Waals surface area contributed by atoms with Crippen molar-refractivity contribution in [3.8, 4) is 0 Å². The quantitative estimate of drug-likeness (QED) is 0.496. The Kier molecular flexibility index (Phi) is 11.6. The molecule has 0 amide bonds. The van der Waals surface area contributed by atoms with E-state index in [2.05, 4.69) is 0 Å². The topological polar surface area (TPSA) is 158 Å². The van der Waals surface area contributed by atoms with Crippen molar-refractivity contribution in [3.05, 3.63) is 0 Å². The van der Waals surface area contributed by atoms with Gasteiger partial charge in [0.1, 0.15) is 11.4 Å². The third kappa shape index (κ3) is 12.6.